The van der Waals surface area contributed by atoms with Gasteiger partial charge >= 0.3 is 0 Å². The Balaban J connectivity index is 1.85. The first-order valence-corrected chi connectivity index (χ1v) is 9.24. The smallest absolute Gasteiger partial charge is 0.261 e. The Morgan fingerprint density at radius 1 is 1.00 bits per heavy atom. The van der Waals surface area contributed by atoms with Crippen molar-refractivity contribution in [3.05, 3.63) is 53.6 Å². The average molecular weight is 371 g/mol. The summed E-state index contributed by atoms with van der Waals surface area (Å²) in [6, 6.07) is 13.1. The molecule has 0 unspecified atom stereocenters. The molecule has 0 aliphatic carbocycles. The molecule has 1 N–H and O–H groups in total. The number of hydrogen-bond donors (Lipinski definition) is 1. The summed E-state index contributed by atoms with van der Waals surface area (Å²) in [5.41, 5.74) is 2.34. The molecule has 0 heterocycles. The molecular weight excluding hydrogens is 342 g/mol. The lowest BCUT2D eigenvalue weighted by Gasteiger charge is -2.21. The first-order chi connectivity index (χ1) is 12.9. The van der Waals surface area contributed by atoms with Crippen LogP contribution in [-0.4, -0.2) is 31.8 Å². The molecule has 2 rings (SSSR count). The van der Waals surface area contributed by atoms with Crippen molar-refractivity contribution >= 4 is 5.91 Å². The van der Waals surface area contributed by atoms with Gasteiger partial charge in [-0.1, -0.05) is 13.0 Å². The molecule has 0 fully saturated rings. The summed E-state index contributed by atoms with van der Waals surface area (Å²) in [7, 11) is 1.62. The van der Waals surface area contributed by atoms with Crippen LogP contribution in [-0.2, 0) is 4.79 Å². The van der Waals surface area contributed by atoms with Gasteiger partial charge in [-0.15, -0.1) is 0 Å². The zero-order chi connectivity index (χ0) is 19.8. The van der Waals surface area contributed by atoms with Crippen molar-refractivity contribution in [2.75, 3.05) is 13.7 Å². The summed E-state index contributed by atoms with van der Waals surface area (Å²) >= 11 is 0. The van der Waals surface area contributed by atoms with Crippen LogP contribution in [0.1, 0.15) is 31.4 Å². The van der Waals surface area contributed by atoms with Crippen molar-refractivity contribution in [3.8, 4) is 17.2 Å². The number of rotatable bonds is 9. The summed E-state index contributed by atoms with van der Waals surface area (Å²) in [6.07, 6.45) is 0.0562. The molecule has 0 saturated carbocycles. The standard InChI is InChI=1S/C22H29NO4/c1-6-21(27-20-8-7-15(2)16(3)13-20)22(24)23-17(4)14-26-19-11-9-18(25-5)10-12-19/h7-13,17,21H,6,14H2,1-5H3,(H,23,24)/t17-,21+/m1/s1. The summed E-state index contributed by atoms with van der Waals surface area (Å²) < 4.78 is 16.7. The zero-order valence-corrected chi connectivity index (χ0v) is 16.7. The predicted octanol–water partition coefficient (Wildman–Crippen LogP) is 4.05. The van der Waals surface area contributed by atoms with Crippen LogP contribution in [0.3, 0.4) is 0 Å². The molecule has 27 heavy (non-hydrogen) atoms. The minimum Gasteiger partial charge on any atom is -0.497 e. The average Bonchev–Trinajstić information content (AvgIpc) is 2.67. The maximum Gasteiger partial charge on any atom is 0.261 e. The number of hydrogen-bond acceptors (Lipinski definition) is 4. The Kier molecular flexibility index (Phi) is 7.53. The summed E-state index contributed by atoms with van der Waals surface area (Å²) in [5, 5.41) is 2.96. The van der Waals surface area contributed by atoms with Gasteiger partial charge in [0.05, 0.1) is 13.2 Å². The van der Waals surface area contributed by atoms with Crippen LogP contribution in [0.15, 0.2) is 42.5 Å². The van der Waals surface area contributed by atoms with Crippen LogP contribution in [0.4, 0.5) is 0 Å². The molecule has 0 spiro atoms. The summed E-state index contributed by atoms with van der Waals surface area (Å²) in [4.78, 5) is 12.5. The van der Waals surface area contributed by atoms with E-state index in [0.29, 0.717) is 18.8 Å². The second kappa shape index (κ2) is 9.86. The lowest BCUT2D eigenvalue weighted by Crippen LogP contribution is -2.44. The number of amides is 1. The van der Waals surface area contributed by atoms with Crippen molar-refractivity contribution in [3.63, 3.8) is 0 Å². The molecule has 2 atom stereocenters. The first-order valence-electron chi connectivity index (χ1n) is 9.24. The molecule has 5 nitrogen and oxygen atoms in total. The maximum absolute atomic E-state index is 12.5. The van der Waals surface area contributed by atoms with Gasteiger partial charge < -0.3 is 19.5 Å². The number of carbonyl (C=O) groups excluding carboxylic acids is 1. The van der Waals surface area contributed by atoms with E-state index < -0.39 is 6.10 Å². The Hall–Kier alpha value is -2.69. The number of nitrogens with one attached hydrogen (secondary N) is 1. The van der Waals surface area contributed by atoms with Gasteiger partial charge in [0.15, 0.2) is 6.10 Å². The molecule has 0 saturated heterocycles. The number of ether oxygens (including phenoxy) is 3. The second-order valence-corrected chi connectivity index (χ2v) is 6.66. The van der Waals surface area contributed by atoms with E-state index in [2.05, 4.69) is 5.32 Å². The SMILES string of the molecule is CC[C@H](Oc1ccc(C)c(C)c1)C(=O)N[C@H](C)COc1ccc(OC)cc1. The third-order valence-electron chi connectivity index (χ3n) is 4.37. The minimum atomic E-state index is -0.532. The molecule has 2 aromatic rings. The van der Waals surface area contributed by atoms with Crippen LogP contribution in [0.2, 0.25) is 0 Å². The molecule has 0 aromatic heterocycles. The van der Waals surface area contributed by atoms with Crippen molar-refractivity contribution in [2.45, 2.75) is 46.3 Å². The van der Waals surface area contributed by atoms with E-state index in [-0.39, 0.29) is 11.9 Å². The second-order valence-electron chi connectivity index (χ2n) is 6.66. The number of carbonyl (C=O) groups is 1. The molecule has 0 bridgehead atoms. The highest BCUT2D eigenvalue weighted by molar-refractivity contribution is 5.81. The van der Waals surface area contributed by atoms with E-state index >= 15 is 0 Å². The summed E-state index contributed by atoms with van der Waals surface area (Å²) in [5.74, 6) is 2.08. The van der Waals surface area contributed by atoms with E-state index in [4.69, 9.17) is 14.2 Å². The van der Waals surface area contributed by atoms with Gasteiger partial charge in [0.25, 0.3) is 5.91 Å². The lowest BCUT2D eigenvalue weighted by molar-refractivity contribution is -0.128. The zero-order valence-electron chi connectivity index (χ0n) is 16.7. The largest absolute Gasteiger partial charge is 0.497 e. The third-order valence-corrected chi connectivity index (χ3v) is 4.37. The van der Waals surface area contributed by atoms with Gasteiger partial charge in [0.2, 0.25) is 0 Å². The van der Waals surface area contributed by atoms with E-state index in [9.17, 15) is 4.79 Å². The predicted molar refractivity (Wildman–Crippen MR) is 107 cm³/mol. The van der Waals surface area contributed by atoms with Crippen molar-refractivity contribution < 1.29 is 19.0 Å². The Morgan fingerprint density at radius 3 is 2.22 bits per heavy atom. The maximum atomic E-state index is 12.5. The highest BCUT2D eigenvalue weighted by Gasteiger charge is 2.20. The van der Waals surface area contributed by atoms with Gasteiger partial charge in [-0.2, -0.15) is 0 Å². The Morgan fingerprint density at radius 2 is 1.63 bits per heavy atom. The van der Waals surface area contributed by atoms with Crippen molar-refractivity contribution in [1.82, 2.24) is 5.32 Å². The number of aryl methyl sites for hydroxylation is 2. The monoisotopic (exact) mass is 371 g/mol. The van der Waals surface area contributed by atoms with Gasteiger partial charge in [-0.3, -0.25) is 4.79 Å². The molecule has 0 aliphatic rings. The lowest BCUT2D eigenvalue weighted by atomic mass is 10.1. The fraction of sp³-hybridized carbons (Fsp3) is 0.409. The van der Waals surface area contributed by atoms with Crippen molar-refractivity contribution in [2.24, 2.45) is 0 Å². The van der Waals surface area contributed by atoms with Gasteiger partial charge in [0, 0.05) is 0 Å². The van der Waals surface area contributed by atoms with Crippen LogP contribution >= 0.6 is 0 Å². The van der Waals surface area contributed by atoms with Crippen LogP contribution in [0.25, 0.3) is 0 Å². The van der Waals surface area contributed by atoms with Crippen molar-refractivity contribution in [1.29, 1.82) is 0 Å². The van der Waals surface area contributed by atoms with E-state index in [1.807, 2.05) is 70.2 Å². The quantitative estimate of drug-likeness (QED) is 0.722. The molecule has 146 valence electrons. The Labute approximate surface area is 161 Å². The van der Waals surface area contributed by atoms with E-state index in [0.717, 1.165) is 17.1 Å². The molecule has 2 aromatic carbocycles. The van der Waals surface area contributed by atoms with E-state index in [1.165, 1.54) is 5.56 Å². The highest BCUT2D eigenvalue weighted by atomic mass is 16.5. The molecule has 0 radical (unpaired) electrons. The molecule has 5 heteroatoms. The van der Waals surface area contributed by atoms with E-state index in [1.54, 1.807) is 7.11 Å². The third kappa shape index (κ3) is 6.20. The topological polar surface area (TPSA) is 56.8 Å². The van der Waals surface area contributed by atoms with Crippen LogP contribution in [0, 0.1) is 13.8 Å². The summed E-state index contributed by atoms with van der Waals surface area (Å²) in [6.45, 7) is 8.29. The number of methoxy groups -OCH3 is 1. The highest BCUT2D eigenvalue weighted by Crippen LogP contribution is 2.19. The normalized spacial score (nSPS) is 12.8. The molecular formula is C22H29NO4. The van der Waals surface area contributed by atoms with Crippen LogP contribution in [0.5, 0.6) is 17.2 Å². The molecule has 1 amide bonds. The Bertz CT molecular complexity index is 742. The van der Waals surface area contributed by atoms with Gasteiger partial charge in [0.1, 0.15) is 23.9 Å². The van der Waals surface area contributed by atoms with Gasteiger partial charge in [-0.05, 0) is 74.7 Å². The first kappa shape index (κ1) is 20.6. The fourth-order valence-corrected chi connectivity index (χ4v) is 2.54. The number of benzene rings is 2. The van der Waals surface area contributed by atoms with Crippen LogP contribution < -0.4 is 19.5 Å². The fourth-order valence-electron chi connectivity index (χ4n) is 2.54. The van der Waals surface area contributed by atoms with Gasteiger partial charge in [-0.25, -0.2) is 0 Å². The molecule has 0 aliphatic heterocycles. The minimum absolute atomic E-state index is 0.137.